The second-order valence-electron chi connectivity index (χ2n) is 7.59. The molecule has 1 aliphatic heterocycles. The van der Waals surface area contributed by atoms with Gasteiger partial charge in [-0.3, -0.25) is 4.79 Å². The van der Waals surface area contributed by atoms with Crippen LogP contribution in [0, 0.1) is 0 Å². The lowest BCUT2D eigenvalue weighted by Gasteiger charge is -2.38. The van der Waals surface area contributed by atoms with E-state index in [1.165, 1.54) is 38.3 Å². The number of benzene rings is 2. The third-order valence-electron chi connectivity index (χ3n) is 5.43. The van der Waals surface area contributed by atoms with Crippen LogP contribution in [0.15, 0.2) is 39.5 Å². The highest BCUT2D eigenvalue weighted by molar-refractivity contribution is 5.91. The number of aliphatic hydroxyl groups excluding tert-OH is 3. The van der Waals surface area contributed by atoms with Gasteiger partial charge in [0, 0.05) is 11.6 Å². The number of hydrogen-bond acceptors (Lipinski definition) is 11. The first-order chi connectivity index (χ1) is 15.6. The summed E-state index contributed by atoms with van der Waals surface area (Å²) in [6, 6.07) is 6.60. The number of phenolic OH excluding ortho intramolecular Hbond substituents is 3. The summed E-state index contributed by atoms with van der Waals surface area (Å²) in [6.45, 7) is 1.44. The first kappa shape index (κ1) is 22.7. The topological polar surface area (TPSA) is 179 Å². The molecule has 2 unspecified atom stereocenters. The number of rotatable bonds is 4. The maximum absolute atomic E-state index is 13.4. The average Bonchev–Trinajstić information content (AvgIpc) is 2.78. The standard InChI is InChI=1S/C22H22O11/c1-8-14(25)17(28)18(29)22(31-8)33-21-16(27)13-12(7-11(24)20(30-2)15(13)26)32-19(21)9-3-5-10(23)6-4-9/h3-8,14,17-18,22-26,28-29H,1-2H3/t8?,14-,17?,18-,22-/m0/s1. The molecule has 0 bridgehead atoms. The van der Waals surface area contributed by atoms with Gasteiger partial charge in [-0.15, -0.1) is 0 Å². The van der Waals surface area contributed by atoms with E-state index in [-0.39, 0.29) is 33.8 Å². The molecule has 0 spiro atoms. The van der Waals surface area contributed by atoms with Gasteiger partial charge < -0.3 is 49.3 Å². The van der Waals surface area contributed by atoms with Crippen LogP contribution < -0.4 is 14.9 Å². The number of fused-ring (bicyclic) bond motifs is 1. The summed E-state index contributed by atoms with van der Waals surface area (Å²) in [5.74, 6) is -2.25. The summed E-state index contributed by atoms with van der Waals surface area (Å²) in [6.07, 6.45) is -7.24. The van der Waals surface area contributed by atoms with Gasteiger partial charge in [0.2, 0.25) is 23.2 Å². The van der Waals surface area contributed by atoms with E-state index >= 15 is 0 Å². The van der Waals surface area contributed by atoms with E-state index in [1.807, 2.05) is 0 Å². The molecular weight excluding hydrogens is 440 g/mol. The zero-order chi connectivity index (χ0) is 24.0. The Hall–Kier alpha value is -3.51. The highest BCUT2D eigenvalue weighted by Gasteiger charge is 2.44. The molecule has 0 amide bonds. The molecule has 0 aliphatic carbocycles. The summed E-state index contributed by atoms with van der Waals surface area (Å²) in [5, 5.41) is 60.2. The van der Waals surface area contributed by atoms with E-state index in [9.17, 15) is 35.4 Å². The Morgan fingerprint density at radius 1 is 0.939 bits per heavy atom. The van der Waals surface area contributed by atoms with Crippen LogP contribution in [-0.4, -0.2) is 68.5 Å². The first-order valence-corrected chi connectivity index (χ1v) is 9.89. The molecule has 11 nitrogen and oxygen atoms in total. The lowest BCUT2D eigenvalue weighted by Crippen LogP contribution is -2.58. The van der Waals surface area contributed by atoms with Gasteiger partial charge in [0.05, 0.1) is 13.2 Å². The zero-order valence-electron chi connectivity index (χ0n) is 17.5. The molecule has 4 rings (SSSR count). The van der Waals surface area contributed by atoms with Crippen molar-refractivity contribution in [2.45, 2.75) is 37.6 Å². The maximum atomic E-state index is 13.4. The molecule has 176 valence electrons. The minimum absolute atomic E-state index is 0.0543. The van der Waals surface area contributed by atoms with Crippen molar-refractivity contribution in [2.24, 2.45) is 0 Å². The summed E-state index contributed by atoms with van der Waals surface area (Å²) in [5.41, 5.74) is -0.810. The Balaban J connectivity index is 1.94. The third-order valence-corrected chi connectivity index (χ3v) is 5.43. The SMILES string of the molecule is COc1c(O)cc2oc(-c3ccc(O)cc3)c(O[C@@H]3OC(C)[C@H](O)C(O)[C@@H]3O)c(=O)c2c1O. The Bertz CT molecular complexity index is 1230. The van der Waals surface area contributed by atoms with Crippen molar-refractivity contribution in [3.63, 3.8) is 0 Å². The van der Waals surface area contributed by atoms with Crippen molar-refractivity contribution in [3.05, 3.63) is 40.6 Å². The fourth-order valence-corrected chi connectivity index (χ4v) is 3.62. The van der Waals surface area contributed by atoms with Gasteiger partial charge in [0.1, 0.15) is 35.0 Å². The second kappa shape index (κ2) is 8.45. The van der Waals surface area contributed by atoms with Gasteiger partial charge in [-0.25, -0.2) is 0 Å². The summed E-state index contributed by atoms with van der Waals surface area (Å²) in [4.78, 5) is 13.4. The van der Waals surface area contributed by atoms with Crippen LogP contribution in [-0.2, 0) is 4.74 Å². The van der Waals surface area contributed by atoms with E-state index < -0.39 is 53.4 Å². The third kappa shape index (κ3) is 3.80. The van der Waals surface area contributed by atoms with Crippen LogP contribution in [0.25, 0.3) is 22.3 Å². The number of hydrogen-bond donors (Lipinski definition) is 6. The van der Waals surface area contributed by atoms with E-state index in [1.54, 1.807) is 0 Å². The highest BCUT2D eigenvalue weighted by Crippen LogP contribution is 2.43. The second-order valence-corrected chi connectivity index (χ2v) is 7.59. The van der Waals surface area contributed by atoms with Gasteiger partial charge in [-0.1, -0.05) is 0 Å². The number of ether oxygens (including phenoxy) is 3. The fraction of sp³-hybridized carbons (Fsp3) is 0.318. The molecule has 1 fully saturated rings. The lowest BCUT2D eigenvalue weighted by atomic mass is 10.00. The van der Waals surface area contributed by atoms with Gasteiger partial charge >= 0.3 is 0 Å². The minimum Gasteiger partial charge on any atom is -0.508 e. The van der Waals surface area contributed by atoms with Crippen LogP contribution >= 0.6 is 0 Å². The van der Waals surface area contributed by atoms with Crippen LogP contribution in [0.3, 0.4) is 0 Å². The molecule has 6 N–H and O–H groups in total. The van der Waals surface area contributed by atoms with Gasteiger partial charge in [-0.05, 0) is 31.2 Å². The van der Waals surface area contributed by atoms with Gasteiger partial charge in [0.25, 0.3) is 0 Å². The quantitative estimate of drug-likeness (QED) is 0.323. The van der Waals surface area contributed by atoms with E-state index in [0.29, 0.717) is 0 Å². The van der Waals surface area contributed by atoms with Crippen molar-refractivity contribution in [1.82, 2.24) is 0 Å². The number of phenols is 3. The van der Waals surface area contributed by atoms with E-state index in [2.05, 4.69) is 0 Å². The van der Waals surface area contributed by atoms with Gasteiger partial charge in [-0.2, -0.15) is 0 Å². The van der Waals surface area contributed by atoms with Crippen LogP contribution in [0.2, 0.25) is 0 Å². The lowest BCUT2D eigenvalue weighted by molar-refractivity contribution is -0.268. The summed E-state index contributed by atoms with van der Waals surface area (Å²) >= 11 is 0. The number of aliphatic hydroxyl groups is 3. The predicted octanol–water partition coefficient (Wildman–Crippen LogP) is 0.792. The maximum Gasteiger partial charge on any atom is 0.239 e. The molecule has 1 aliphatic rings. The van der Waals surface area contributed by atoms with Crippen molar-refractivity contribution in [1.29, 1.82) is 0 Å². The molecular formula is C22H22O11. The minimum atomic E-state index is -1.72. The molecule has 2 heterocycles. The monoisotopic (exact) mass is 462 g/mol. The Kier molecular flexibility index (Phi) is 5.80. The fourth-order valence-electron chi connectivity index (χ4n) is 3.62. The normalized spacial score (nSPS) is 25.2. The average molecular weight is 462 g/mol. The molecule has 33 heavy (non-hydrogen) atoms. The Morgan fingerprint density at radius 3 is 2.24 bits per heavy atom. The molecule has 1 aromatic heterocycles. The van der Waals surface area contributed by atoms with Crippen LogP contribution in [0.1, 0.15) is 6.92 Å². The molecule has 0 saturated carbocycles. The smallest absolute Gasteiger partial charge is 0.239 e. The van der Waals surface area contributed by atoms with Crippen LogP contribution in [0.5, 0.6) is 28.7 Å². The van der Waals surface area contributed by atoms with E-state index in [0.717, 1.165) is 6.07 Å². The highest BCUT2D eigenvalue weighted by atomic mass is 16.7. The van der Waals surface area contributed by atoms with Crippen LogP contribution in [0.4, 0.5) is 0 Å². The molecule has 2 aromatic carbocycles. The molecule has 1 saturated heterocycles. The van der Waals surface area contributed by atoms with Gasteiger partial charge in [0.15, 0.2) is 17.3 Å². The van der Waals surface area contributed by atoms with Crippen molar-refractivity contribution in [2.75, 3.05) is 7.11 Å². The van der Waals surface area contributed by atoms with E-state index in [4.69, 9.17) is 18.6 Å². The molecule has 0 radical (unpaired) electrons. The molecule has 5 atom stereocenters. The zero-order valence-corrected chi connectivity index (χ0v) is 17.5. The Morgan fingerprint density at radius 2 is 1.61 bits per heavy atom. The van der Waals surface area contributed by atoms with Crippen molar-refractivity contribution >= 4 is 11.0 Å². The van der Waals surface area contributed by atoms with Crippen molar-refractivity contribution in [3.8, 4) is 40.1 Å². The Labute approximate surface area is 186 Å². The number of aromatic hydroxyl groups is 3. The summed E-state index contributed by atoms with van der Waals surface area (Å²) < 4.78 is 21.8. The molecule has 3 aromatic rings. The predicted molar refractivity (Wildman–Crippen MR) is 112 cm³/mol. The summed E-state index contributed by atoms with van der Waals surface area (Å²) in [7, 11) is 1.19. The largest absolute Gasteiger partial charge is 0.508 e. The number of methoxy groups -OCH3 is 1. The molecule has 11 heteroatoms. The first-order valence-electron chi connectivity index (χ1n) is 9.89. The van der Waals surface area contributed by atoms with Crippen molar-refractivity contribution < 1.29 is 49.3 Å².